The van der Waals surface area contributed by atoms with Gasteiger partial charge >= 0.3 is 15.4 Å². The second kappa shape index (κ2) is 6.07. The van der Waals surface area contributed by atoms with E-state index in [4.69, 9.17) is 24.3 Å². The number of phosphoric acid groups is 1. The molecule has 0 aromatic carbocycles. The van der Waals surface area contributed by atoms with Crippen molar-refractivity contribution in [3.05, 3.63) is 0 Å². The average molecular weight is 338 g/mol. The van der Waals surface area contributed by atoms with Crippen molar-refractivity contribution in [2.45, 2.75) is 23.9 Å². The maximum absolute atomic E-state index is 11.0. The highest BCUT2D eigenvalue weighted by Gasteiger charge is 2.56. The van der Waals surface area contributed by atoms with E-state index >= 15 is 0 Å². The third-order valence-corrected chi connectivity index (χ3v) is 4.21. The minimum Gasteiger partial charge on any atom is -0.393 e. The zero-order valence-corrected chi connectivity index (χ0v) is 11.8. The van der Waals surface area contributed by atoms with Crippen LogP contribution in [0, 0.1) is 0 Å². The minimum absolute atomic E-state index is 0.828. The number of aliphatic hydroxyl groups excluding tert-OH is 3. The van der Waals surface area contributed by atoms with Crippen LogP contribution in [-0.4, -0.2) is 78.2 Å². The standard InChI is InChI=1S/C7H16O11P2/c8-2-7(3-19(11,12)13)6(10)5(9)4(18-7)1-17-20(14,15)16/h4-6,8-10H,1-3H2,(H2,11,12,13)(H2,14,15,16)/t4-,5-,6+,7+/m1/s1. The third-order valence-electron chi connectivity index (χ3n) is 2.78. The van der Waals surface area contributed by atoms with Gasteiger partial charge in [-0.2, -0.15) is 0 Å². The van der Waals surface area contributed by atoms with Crippen molar-refractivity contribution in [3.63, 3.8) is 0 Å². The van der Waals surface area contributed by atoms with E-state index in [-0.39, 0.29) is 0 Å². The molecule has 0 aromatic heterocycles. The lowest BCUT2D eigenvalue weighted by molar-refractivity contribution is -0.105. The monoisotopic (exact) mass is 338 g/mol. The summed E-state index contributed by atoms with van der Waals surface area (Å²) in [5, 5.41) is 28.6. The fourth-order valence-corrected chi connectivity index (χ4v) is 3.32. The Morgan fingerprint density at radius 2 is 1.70 bits per heavy atom. The summed E-state index contributed by atoms with van der Waals surface area (Å²) in [6.45, 7) is -1.84. The molecule has 0 spiro atoms. The summed E-state index contributed by atoms with van der Waals surface area (Å²) in [5.74, 6) is 0. The van der Waals surface area contributed by atoms with E-state index in [0.717, 1.165) is 0 Å². The summed E-state index contributed by atoms with van der Waals surface area (Å²) in [6.07, 6.45) is -6.12. The molecule has 1 fully saturated rings. The molecular weight excluding hydrogens is 322 g/mol. The van der Waals surface area contributed by atoms with Gasteiger partial charge in [0.25, 0.3) is 0 Å². The summed E-state index contributed by atoms with van der Waals surface area (Å²) >= 11 is 0. The molecule has 1 aliphatic heterocycles. The van der Waals surface area contributed by atoms with Crippen LogP contribution < -0.4 is 0 Å². The molecule has 0 saturated carbocycles. The molecule has 0 amide bonds. The van der Waals surface area contributed by atoms with Gasteiger partial charge in [-0.05, 0) is 0 Å². The molecule has 1 heterocycles. The van der Waals surface area contributed by atoms with Crippen LogP contribution in [0.5, 0.6) is 0 Å². The predicted octanol–water partition coefficient (Wildman–Crippen LogP) is -2.87. The first-order valence-electron chi connectivity index (χ1n) is 5.30. The molecule has 20 heavy (non-hydrogen) atoms. The highest BCUT2D eigenvalue weighted by atomic mass is 31.2. The quantitative estimate of drug-likeness (QED) is 0.246. The predicted molar refractivity (Wildman–Crippen MR) is 61.6 cm³/mol. The van der Waals surface area contributed by atoms with Crippen molar-refractivity contribution >= 4 is 15.4 Å². The topological polar surface area (TPSA) is 194 Å². The molecule has 1 aliphatic rings. The summed E-state index contributed by atoms with van der Waals surface area (Å²) in [4.78, 5) is 34.8. The number of aliphatic hydroxyl groups is 3. The van der Waals surface area contributed by atoms with Crippen LogP contribution in [0.4, 0.5) is 0 Å². The van der Waals surface area contributed by atoms with Crippen LogP contribution in [0.1, 0.15) is 0 Å². The van der Waals surface area contributed by atoms with Crippen LogP contribution in [0.25, 0.3) is 0 Å². The number of ether oxygens (including phenoxy) is 1. The van der Waals surface area contributed by atoms with E-state index in [1.165, 1.54) is 0 Å². The van der Waals surface area contributed by atoms with Crippen molar-refractivity contribution in [2.75, 3.05) is 19.4 Å². The fourth-order valence-electron chi connectivity index (χ4n) is 1.92. The van der Waals surface area contributed by atoms with Crippen molar-refractivity contribution < 1.29 is 53.3 Å². The van der Waals surface area contributed by atoms with E-state index < -0.39 is 58.7 Å². The van der Waals surface area contributed by atoms with Crippen LogP contribution >= 0.6 is 15.4 Å². The highest BCUT2D eigenvalue weighted by Crippen LogP contribution is 2.45. The lowest BCUT2D eigenvalue weighted by Gasteiger charge is -2.30. The normalized spacial score (nSPS) is 35.5. The van der Waals surface area contributed by atoms with E-state index in [0.29, 0.717) is 0 Å². The molecule has 0 aliphatic carbocycles. The Balaban J connectivity index is 2.85. The van der Waals surface area contributed by atoms with E-state index in [9.17, 15) is 24.4 Å². The molecular formula is C7H16O11P2. The van der Waals surface area contributed by atoms with Crippen LogP contribution in [-0.2, 0) is 18.4 Å². The molecule has 120 valence electrons. The lowest BCUT2D eigenvalue weighted by Crippen LogP contribution is -2.49. The van der Waals surface area contributed by atoms with Gasteiger partial charge in [-0.3, -0.25) is 9.09 Å². The maximum Gasteiger partial charge on any atom is 0.469 e. The Morgan fingerprint density at radius 3 is 2.10 bits per heavy atom. The van der Waals surface area contributed by atoms with Gasteiger partial charge < -0.3 is 39.6 Å². The van der Waals surface area contributed by atoms with Crippen molar-refractivity contribution in [1.82, 2.24) is 0 Å². The van der Waals surface area contributed by atoms with Gasteiger partial charge in [0.1, 0.15) is 23.9 Å². The van der Waals surface area contributed by atoms with Crippen LogP contribution in [0.2, 0.25) is 0 Å². The average Bonchev–Trinajstić information content (AvgIpc) is 2.49. The Kier molecular flexibility index (Phi) is 5.51. The maximum atomic E-state index is 11.0. The van der Waals surface area contributed by atoms with E-state index in [2.05, 4.69) is 4.52 Å². The Hall–Kier alpha value is 0.1000. The lowest BCUT2D eigenvalue weighted by atomic mass is 9.97. The molecule has 0 unspecified atom stereocenters. The van der Waals surface area contributed by atoms with Gasteiger partial charge in [0.2, 0.25) is 0 Å². The summed E-state index contributed by atoms with van der Waals surface area (Å²) < 4.78 is 30.6. The van der Waals surface area contributed by atoms with Gasteiger partial charge in [0.15, 0.2) is 0 Å². The van der Waals surface area contributed by atoms with Gasteiger partial charge in [0.05, 0.1) is 19.4 Å². The molecule has 0 radical (unpaired) electrons. The first kappa shape index (κ1) is 18.1. The Bertz CT molecular complexity index is 428. The number of hydrogen-bond donors (Lipinski definition) is 7. The first-order valence-corrected chi connectivity index (χ1v) is 8.62. The van der Waals surface area contributed by atoms with Crippen molar-refractivity contribution in [1.29, 1.82) is 0 Å². The smallest absolute Gasteiger partial charge is 0.393 e. The second-order valence-electron chi connectivity index (χ2n) is 4.42. The zero-order chi connectivity index (χ0) is 15.8. The SMILES string of the molecule is O=P(O)(O)C[C@]1(CO)O[C@H](COP(=O)(O)O)[C@@H](O)[C@@H]1O. The largest absolute Gasteiger partial charge is 0.469 e. The molecule has 13 heteroatoms. The zero-order valence-electron chi connectivity index (χ0n) is 10.0. The minimum atomic E-state index is -4.84. The Labute approximate surface area is 113 Å². The number of rotatable bonds is 6. The van der Waals surface area contributed by atoms with Crippen molar-refractivity contribution in [3.8, 4) is 0 Å². The molecule has 0 bridgehead atoms. The van der Waals surface area contributed by atoms with Gasteiger partial charge in [0, 0.05) is 0 Å². The summed E-state index contributed by atoms with van der Waals surface area (Å²) in [5.41, 5.74) is -2.14. The van der Waals surface area contributed by atoms with Gasteiger partial charge in [-0.15, -0.1) is 0 Å². The Morgan fingerprint density at radius 1 is 1.15 bits per heavy atom. The number of hydrogen-bond acceptors (Lipinski definition) is 7. The number of phosphoric ester groups is 1. The van der Waals surface area contributed by atoms with Crippen LogP contribution in [0.15, 0.2) is 0 Å². The highest BCUT2D eigenvalue weighted by molar-refractivity contribution is 7.51. The molecule has 0 aromatic rings. The second-order valence-corrected chi connectivity index (χ2v) is 7.31. The molecule has 1 saturated heterocycles. The van der Waals surface area contributed by atoms with Crippen molar-refractivity contribution in [2.24, 2.45) is 0 Å². The molecule has 1 rings (SSSR count). The van der Waals surface area contributed by atoms with Gasteiger partial charge in [-0.1, -0.05) is 0 Å². The molecule has 7 N–H and O–H groups in total. The van der Waals surface area contributed by atoms with Crippen LogP contribution in [0.3, 0.4) is 0 Å². The molecule has 11 nitrogen and oxygen atoms in total. The first-order chi connectivity index (χ1) is 8.90. The third kappa shape index (κ3) is 4.55. The summed E-state index contributed by atoms with van der Waals surface area (Å²) in [7, 11) is -9.53. The van der Waals surface area contributed by atoms with Gasteiger partial charge in [-0.25, -0.2) is 4.57 Å². The molecule has 4 atom stereocenters. The van der Waals surface area contributed by atoms with E-state index in [1.54, 1.807) is 0 Å². The van der Waals surface area contributed by atoms with E-state index in [1.807, 2.05) is 0 Å². The summed E-state index contributed by atoms with van der Waals surface area (Å²) in [6, 6.07) is 0. The fraction of sp³-hybridized carbons (Fsp3) is 1.00.